The maximum atomic E-state index is 12.3. The van der Waals surface area contributed by atoms with Crippen LogP contribution >= 0.6 is 0 Å². The molecule has 0 aromatic rings. The Hall–Kier alpha value is -0.860. The third-order valence-electron chi connectivity index (χ3n) is 3.94. The lowest BCUT2D eigenvalue weighted by atomic mass is 10.4. The molecule has 0 aromatic heterocycles. The smallest absolute Gasteiger partial charge is 0.216 e. The highest BCUT2D eigenvalue weighted by Crippen LogP contribution is 2.19. The number of rotatable bonds is 7. The SMILES string of the molecule is CCN=C(NC1CC1)N1CCN(S(=O)(=O)CCOC(C)C)CC1. The van der Waals surface area contributed by atoms with Gasteiger partial charge in [-0.2, -0.15) is 4.31 Å². The Morgan fingerprint density at radius 2 is 1.91 bits per heavy atom. The van der Waals surface area contributed by atoms with Gasteiger partial charge in [0.1, 0.15) is 0 Å². The third-order valence-corrected chi connectivity index (χ3v) is 5.78. The van der Waals surface area contributed by atoms with Crippen molar-refractivity contribution in [2.24, 2.45) is 4.99 Å². The Balaban J connectivity index is 1.83. The van der Waals surface area contributed by atoms with Crippen molar-refractivity contribution in [1.82, 2.24) is 14.5 Å². The van der Waals surface area contributed by atoms with Crippen molar-refractivity contribution in [2.75, 3.05) is 45.1 Å². The van der Waals surface area contributed by atoms with Crippen LogP contribution in [0.25, 0.3) is 0 Å². The van der Waals surface area contributed by atoms with E-state index in [1.807, 2.05) is 20.8 Å². The molecule has 0 atom stereocenters. The Kier molecular flexibility index (Phi) is 6.67. The number of sulfonamides is 1. The van der Waals surface area contributed by atoms with Crippen molar-refractivity contribution in [3.05, 3.63) is 0 Å². The van der Waals surface area contributed by atoms with Crippen LogP contribution in [0.4, 0.5) is 0 Å². The van der Waals surface area contributed by atoms with Gasteiger partial charge in [0.25, 0.3) is 0 Å². The molecule has 1 saturated carbocycles. The fourth-order valence-corrected chi connectivity index (χ4v) is 3.78. The van der Waals surface area contributed by atoms with Crippen LogP contribution in [0.15, 0.2) is 4.99 Å². The predicted molar refractivity (Wildman–Crippen MR) is 92.2 cm³/mol. The molecule has 1 aliphatic carbocycles. The van der Waals surface area contributed by atoms with Crippen LogP contribution in [0.1, 0.15) is 33.6 Å². The largest absolute Gasteiger partial charge is 0.378 e. The number of hydrogen-bond donors (Lipinski definition) is 1. The fourth-order valence-electron chi connectivity index (χ4n) is 2.49. The van der Waals surface area contributed by atoms with Crippen molar-refractivity contribution in [3.8, 4) is 0 Å². The van der Waals surface area contributed by atoms with Crippen LogP contribution in [0.5, 0.6) is 0 Å². The van der Waals surface area contributed by atoms with Crippen LogP contribution in [-0.4, -0.2) is 80.8 Å². The minimum Gasteiger partial charge on any atom is -0.378 e. The maximum Gasteiger partial charge on any atom is 0.216 e. The van der Waals surface area contributed by atoms with E-state index in [2.05, 4.69) is 15.2 Å². The van der Waals surface area contributed by atoms with Crippen LogP contribution < -0.4 is 5.32 Å². The zero-order chi connectivity index (χ0) is 16.9. The summed E-state index contributed by atoms with van der Waals surface area (Å²) in [5.74, 6) is 0.983. The number of hydrogen-bond acceptors (Lipinski definition) is 4. The van der Waals surface area contributed by atoms with Gasteiger partial charge in [-0.05, 0) is 33.6 Å². The first-order chi connectivity index (χ1) is 10.9. The van der Waals surface area contributed by atoms with Crippen LogP contribution in [0.3, 0.4) is 0 Å². The first kappa shape index (κ1) is 18.5. The molecule has 0 bridgehead atoms. The lowest BCUT2D eigenvalue weighted by molar-refractivity contribution is 0.0904. The van der Waals surface area contributed by atoms with Gasteiger partial charge in [0.2, 0.25) is 10.0 Å². The van der Waals surface area contributed by atoms with Crippen molar-refractivity contribution in [3.63, 3.8) is 0 Å². The predicted octanol–water partition coefficient (Wildman–Crippen LogP) is 0.487. The average molecular weight is 346 g/mol. The second-order valence-electron chi connectivity index (χ2n) is 6.34. The highest BCUT2D eigenvalue weighted by atomic mass is 32.2. The second kappa shape index (κ2) is 8.30. The van der Waals surface area contributed by atoms with E-state index < -0.39 is 10.0 Å². The molecule has 2 rings (SSSR count). The van der Waals surface area contributed by atoms with Gasteiger partial charge < -0.3 is 15.0 Å². The number of nitrogens with one attached hydrogen (secondary N) is 1. The molecule has 7 nitrogen and oxygen atoms in total. The molecule has 0 spiro atoms. The van der Waals surface area contributed by atoms with Gasteiger partial charge in [0.15, 0.2) is 5.96 Å². The monoisotopic (exact) mass is 346 g/mol. The molecule has 0 amide bonds. The van der Waals surface area contributed by atoms with E-state index in [-0.39, 0.29) is 18.5 Å². The van der Waals surface area contributed by atoms with Gasteiger partial charge in [-0.25, -0.2) is 8.42 Å². The number of piperazine rings is 1. The standard InChI is InChI=1S/C15H30N4O3S/c1-4-16-15(17-14-5-6-14)18-7-9-19(10-8-18)23(20,21)12-11-22-13(2)3/h13-14H,4-12H2,1-3H3,(H,16,17). The number of nitrogens with zero attached hydrogens (tertiary/aromatic N) is 3. The van der Waals surface area contributed by atoms with Gasteiger partial charge in [0.05, 0.1) is 18.5 Å². The summed E-state index contributed by atoms with van der Waals surface area (Å²) in [5.41, 5.74) is 0. The number of aliphatic imine (C=N–C) groups is 1. The molecule has 23 heavy (non-hydrogen) atoms. The van der Waals surface area contributed by atoms with Gasteiger partial charge >= 0.3 is 0 Å². The molecule has 0 unspecified atom stereocenters. The van der Waals surface area contributed by atoms with E-state index in [1.54, 1.807) is 4.31 Å². The normalized spacial score (nSPS) is 21.0. The Bertz CT molecular complexity index is 495. The van der Waals surface area contributed by atoms with Gasteiger partial charge in [-0.1, -0.05) is 0 Å². The Labute approximate surface area is 140 Å². The lowest BCUT2D eigenvalue weighted by Crippen LogP contribution is -2.54. The first-order valence-electron chi connectivity index (χ1n) is 8.57. The molecular formula is C15H30N4O3S. The highest BCUT2D eigenvalue weighted by molar-refractivity contribution is 7.89. The van der Waals surface area contributed by atoms with E-state index >= 15 is 0 Å². The van der Waals surface area contributed by atoms with Gasteiger partial charge in [-0.3, -0.25) is 4.99 Å². The van der Waals surface area contributed by atoms with E-state index in [1.165, 1.54) is 12.8 Å². The highest BCUT2D eigenvalue weighted by Gasteiger charge is 2.30. The molecule has 1 saturated heterocycles. The Morgan fingerprint density at radius 3 is 2.43 bits per heavy atom. The molecule has 0 aromatic carbocycles. The maximum absolute atomic E-state index is 12.3. The van der Waals surface area contributed by atoms with Gasteiger partial charge in [-0.15, -0.1) is 0 Å². The quantitative estimate of drug-likeness (QED) is 0.536. The summed E-state index contributed by atoms with van der Waals surface area (Å²) >= 11 is 0. The van der Waals surface area contributed by atoms with E-state index in [9.17, 15) is 8.42 Å². The summed E-state index contributed by atoms with van der Waals surface area (Å²) in [5, 5.41) is 3.45. The average Bonchev–Trinajstić information content (AvgIpc) is 3.30. The van der Waals surface area contributed by atoms with E-state index in [4.69, 9.17) is 4.74 Å². The van der Waals surface area contributed by atoms with Crippen molar-refractivity contribution in [1.29, 1.82) is 0 Å². The summed E-state index contributed by atoms with van der Waals surface area (Å²) in [6, 6.07) is 0.551. The molecule has 1 N–H and O–H groups in total. The molecule has 1 aliphatic heterocycles. The summed E-state index contributed by atoms with van der Waals surface area (Å²) in [4.78, 5) is 6.69. The zero-order valence-electron chi connectivity index (χ0n) is 14.5. The lowest BCUT2D eigenvalue weighted by Gasteiger charge is -2.36. The molecule has 0 radical (unpaired) electrons. The minimum absolute atomic E-state index is 0.0570. The summed E-state index contributed by atoms with van der Waals surface area (Å²) in [7, 11) is -3.23. The molecule has 2 fully saturated rings. The second-order valence-corrected chi connectivity index (χ2v) is 8.43. The first-order valence-corrected chi connectivity index (χ1v) is 10.2. The summed E-state index contributed by atoms with van der Waals surface area (Å²) < 4.78 is 31.6. The third kappa shape index (κ3) is 5.93. The van der Waals surface area contributed by atoms with Gasteiger partial charge in [0, 0.05) is 38.8 Å². The summed E-state index contributed by atoms with van der Waals surface area (Å²) in [6.07, 6.45) is 2.46. The van der Waals surface area contributed by atoms with E-state index in [0.717, 1.165) is 12.5 Å². The minimum atomic E-state index is -3.23. The van der Waals surface area contributed by atoms with E-state index in [0.29, 0.717) is 32.2 Å². The molecule has 8 heteroatoms. The molecule has 1 heterocycles. The van der Waals surface area contributed by atoms with Crippen molar-refractivity contribution < 1.29 is 13.2 Å². The molecular weight excluding hydrogens is 316 g/mol. The Morgan fingerprint density at radius 1 is 1.26 bits per heavy atom. The number of guanidine groups is 1. The molecule has 2 aliphatic rings. The van der Waals surface area contributed by atoms with Crippen LogP contribution in [0, 0.1) is 0 Å². The number of ether oxygens (including phenoxy) is 1. The molecule has 134 valence electrons. The topological polar surface area (TPSA) is 74.2 Å². The zero-order valence-corrected chi connectivity index (χ0v) is 15.3. The fraction of sp³-hybridized carbons (Fsp3) is 0.933. The summed E-state index contributed by atoms with van der Waals surface area (Å²) in [6.45, 7) is 9.22. The van der Waals surface area contributed by atoms with Crippen LogP contribution in [0.2, 0.25) is 0 Å². The van der Waals surface area contributed by atoms with Crippen LogP contribution in [-0.2, 0) is 14.8 Å². The van der Waals surface area contributed by atoms with Crippen molar-refractivity contribution >= 4 is 16.0 Å². The van der Waals surface area contributed by atoms with Crippen molar-refractivity contribution in [2.45, 2.75) is 45.8 Å².